The number of amides is 1. The highest BCUT2D eigenvalue weighted by atomic mass is 35.5. The van der Waals surface area contributed by atoms with E-state index in [1.54, 1.807) is 18.2 Å². The number of hydrogen-bond donors (Lipinski definition) is 1. The Hall–Kier alpha value is -2.53. The van der Waals surface area contributed by atoms with Crippen LogP contribution >= 0.6 is 34.8 Å². The van der Waals surface area contributed by atoms with E-state index in [2.05, 4.69) is 9.88 Å². The molecule has 4 aromatic rings. The molecular formula is C24H20Cl3N3O. The minimum absolute atomic E-state index is 0.0743. The number of rotatable bonds is 5. The zero-order valence-corrected chi connectivity index (χ0v) is 19.3. The molecular weight excluding hydrogens is 453 g/mol. The van der Waals surface area contributed by atoms with Gasteiger partial charge in [-0.2, -0.15) is 0 Å². The largest absolute Gasteiger partial charge is 0.350 e. The summed E-state index contributed by atoms with van der Waals surface area (Å²) in [6, 6.07) is 18.8. The lowest BCUT2D eigenvalue weighted by atomic mass is 10.1. The second kappa shape index (κ2) is 8.91. The first kappa shape index (κ1) is 21.7. The van der Waals surface area contributed by atoms with Crippen molar-refractivity contribution < 1.29 is 4.79 Å². The number of carbonyl (C=O) groups excluding carboxylic acids is 1. The first-order valence-corrected chi connectivity index (χ1v) is 11.0. The van der Waals surface area contributed by atoms with Gasteiger partial charge in [-0.05, 0) is 55.8 Å². The highest BCUT2D eigenvalue weighted by Gasteiger charge is 2.16. The maximum Gasteiger partial charge on any atom is 0.251 e. The first-order valence-electron chi connectivity index (χ1n) is 9.83. The van der Waals surface area contributed by atoms with E-state index in [1.165, 1.54) is 0 Å². The Labute approximate surface area is 195 Å². The van der Waals surface area contributed by atoms with Gasteiger partial charge >= 0.3 is 0 Å². The third-order valence-electron chi connectivity index (χ3n) is 4.87. The number of carbonyl (C=O) groups is 1. The van der Waals surface area contributed by atoms with E-state index >= 15 is 0 Å². The lowest BCUT2D eigenvalue weighted by Gasteiger charge is -2.11. The highest BCUT2D eigenvalue weighted by molar-refractivity contribution is 6.42. The molecule has 1 amide bonds. The Bertz CT molecular complexity index is 1250. The molecule has 0 aliphatic rings. The number of nitrogens with zero attached hydrogens (tertiary/aromatic N) is 2. The van der Waals surface area contributed by atoms with E-state index in [4.69, 9.17) is 39.8 Å². The number of imidazole rings is 1. The SMILES string of the molecule is CC(C)NC(=O)c1ccc(-c2nc3cc(Cl)c(Cl)cc3n2Cc2ccc(Cl)cc2)cc1. The number of nitrogens with one attached hydrogen (secondary N) is 1. The molecule has 0 atom stereocenters. The van der Waals surface area contributed by atoms with Gasteiger partial charge in [0.1, 0.15) is 5.82 Å². The summed E-state index contributed by atoms with van der Waals surface area (Å²) >= 11 is 18.6. The molecule has 0 bridgehead atoms. The fourth-order valence-corrected chi connectivity index (χ4v) is 3.83. The van der Waals surface area contributed by atoms with Crippen LogP contribution in [0, 0.1) is 0 Å². The fraction of sp³-hybridized carbons (Fsp3) is 0.167. The van der Waals surface area contributed by atoms with Crippen molar-refractivity contribution in [1.82, 2.24) is 14.9 Å². The van der Waals surface area contributed by atoms with Gasteiger partial charge in [0, 0.05) is 28.7 Å². The van der Waals surface area contributed by atoms with E-state index in [0.717, 1.165) is 28.0 Å². The molecule has 0 unspecified atom stereocenters. The molecule has 4 rings (SSSR count). The monoisotopic (exact) mass is 471 g/mol. The summed E-state index contributed by atoms with van der Waals surface area (Å²) in [6.07, 6.45) is 0. The third-order valence-corrected chi connectivity index (χ3v) is 5.84. The number of benzene rings is 3. The Balaban J connectivity index is 1.79. The lowest BCUT2D eigenvalue weighted by molar-refractivity contribution is 0.0943. The predicted octanol–water partition coefficient (Wildman–Crippen LogP) is 6.85. The molecule has 7 heteroatoms. The van der Waals surface area contributed by atoms with Crippen LogP contribution in [0.1, 0.15) is 29.8 Å². The molecule has 1 N–H and O–H groups in total. The summed E-state index contributed by atoms with van der Waals surface area (Å²) in [5, 5.41) is 4.51. The average molecular weight is 473 g/mol. The smallest absolute Gasteiger partial charge is 0.251 e. The van der Waals surface area contributed by atoms with E-state index in [9.17, 15) is 4.79 Å². The molecule has 0 aliphatic carbocycles. The predicted molar refractivity (Wildman–Crippen MR) is 128 cm³/mol. The van der Waals surface area contributed by atoms with E-state index in [0.29, 0.717) is 27.2 Å². The zero-order valence-electron chi connectivity index (χ0n) is 17.0. The molecule has 0 saturated carbocycles. The van der Waals surface area contributed by atoms with Crippen LogP contribution in [-0.2, 0) is 6.54 Å². The van der Waals surface area contributed by atoms with Gasteiger partial charge in [0.05, 0.1) is 21.1 Å². The van der Waals surface area contributed by atoms with E-state index in [-0.39, 0.29) is 11.9 Å². The van der Waals surface area contributed by atoms with Crippen molar-refractivity contribution in [2.75, 3.05) is 0 Å². The second-order valence-corrected chi connectivity index (χ2v) is 8.86. The fourth-order valence-electron chi connectivity index (χ4n) is 3.39. The molecule has 0 radical (unpaired) electrons. The van der Waals surface area contributed by atoms with Crippen LogP contribution in [0.2, 0.25) is 15.1 Å². The van der Waals surface area contributed by atoms with Gasteiger partial charge in [-0.25, -0.2) is 4.98 Å². The normalized spacial score (nSPS) is 11.3. The minimum atomic E-state index is -0.102. The summed E-state index contributed by atoms with van der Waals surface area (Å²) in [4.78, 5) is 17.1. The molecule has 0 fully saturated rings. The van der Waals surface area contributed by atoms with Crippen LogP contribution in [0.25, 0.3) is 22.4 Å². The molecule has 0 aliphatic heterocycles. The van der Waals surface area contributed by atoms with Gasteiger partial charge in [-0.3, -0.25) is 4.79 Å². The quantitative estimate of drug-likeness (QED) is 0.345. The maximum absolute atomic E-state index is 12.3. The second-order valence-electron chi connectivity index (χ2n) is 7.61. The third kappa shape index (κ3) is 4.72. The van der Waals surface area contributed by atoms with Crippen LogP contribution in [0.4, 0.5) is 0 Å². The highest BCUT2D eigenvalue weighted by Crippen LogP contribution is 2.32. The summed E-state index contributed by atoms with van der Waals surface area (Å²) in [6.45, 7) is 4.44. The van der Waals surface area contributed by atoms with Crippen molar-refractivity contribution in [3.8, 4) is 11.4 Å². The average Bonchev–Trinajstić information content (AvgIpc) is 3.07. The van der Waals surface area contributed by atoms with Gasteiger partial charge in [-0.15, -0.1) is 0 Å². The Morgan fingerprint density at radius 2 is 1.61 bits per heavy atom. The molecule has 0 saturated heterocycles. The van der Waals surface area contributed by atoms with Crippen LogP contribution in [0.15, 0.2) is 60.7 Å². The molecule has 3 aromatic carbocycles. The minimum Gasteiger partial charge on any atom is -0.350 e. The summed E-state index contributed by atoms with van der Waals surface area (Å²) in [5.74, 6) is 0.661. The van der Waals surface area contributed by atoms with Gasteiger partial charge < -0.3 is 9.88 Å². The van der Waals surface area contributed by atoms with Crippen LogP contribution < -0.4 is 5.32 Å². The van der Waals surface area contributed by atoms with Crippen molar-refractivity contribution >= 4 is 51.7 Å². The first-order chi connectivity index (χ1) is 14.8. The Kier molecular flexibility index (Phi) is 6.24. The van der Waals surface area contributed by atoms with Crippen molar-refractivity contribution in [1.29, 1.82) is 0 Å². The van der Waals surface area contributed by atoms with Crippen molar-refractivity contribution in [3.63, 3.8) is 0 Å². The Morgan fingerprint density at radius 3 is 2.26 bits per heavy atom. The van der Waals surface area contributed by atoms with E-state index in [1.807, 2.05) is 56.3 Å². The van der Waals surface area contributed by atoms with Crippen LogP contribution in [0.5, 0.6) is 0 Å². The van der Waals surface area contributed by atoms with Crippen molar-refractivity contribution in [3.05, 3.63) is 86.9 Å². The standard InChI is InChI=1S/C24H20Cl3N3O/c1-14(2)28-24(31)17-7-5-16(6-8-17)23-29-21-11-19(26)20(27)12-22(21)30(23)13-15-3-9-18(25)10-4-15/h3-12,14H,13H2,1-2H3,(H,28,31). The van der Waals surface area contributed by atoms with Gasteiger partial charge in [0.15, 0.2) is 0 Å². The van der Waals surface area contributed by atoms with Crippen molar-refractivity contribution in [2.24, 2.45) is 0 Å². The van der Waals surface area contributed by atoms with E-state index < -0.39 is 0 Å². The topological polar surface area (TPSA) is 46.9 Å². The summed E-state index contributed by atoms with van der Waals surface area (Å²) < 4.78 is 2.09. The van der Waals surface area contributed by atoms with Gasteiger partial charge in [0.25, 0.3) is 5.91 Å². The molecule has 4 nitrogen and oxygen atoms in total. The Morgan fingerprint density at radius 1 is 0.968 bits per heavy atom. The number of halogens is 3. The number of aromatic nitrogens is 2. The number of hydrogen-bond acceptors (Lipinski definition) is 2. The molecule has 31 heavy (non-hydrogen) atoms. The lowest BCUT2D eigenvalue weighted by Crippen LogP contribution is -2.29. The van der Waals surface area contributed by atoms with Crippen LogP contribution in [-0.4, -0.2) is 21.5 Å². The molecule has 0 spiro atoms. The van der Waals surface area contributed by atoms with Crippen molar-refractivity contribution in [2.45, 2.75) is 26.4 Å². The molecule has 1 heterocycles. The van der Waals surface area contributed by atoms with Gasteiger partial charge in [0.2, 0.25) is 0 Å². The maximum atomic E-state index is 12.3. The van der Waals surface area contributed by atoms with Crippen LogP contribution in [0.3, 0.4) is 0 Å². The van der Waals surface area contributed by atoms with Gasteiger partial charge in [-0.1, -0.05) is 59.1 Å². The molecule has 158 valence electrons. The zero-order chi connectivity index (χ0) is 22.1. The molecule has 1 aromatic heterocycles. The summed E-state index contributed by atoms with van der Waals surface area (Å²) in [5.41, 5.74) is 4.19. The summed E-state index contributed by atoms with van der Waals surface area (Å²) in [7, 11) is 0. The number of fused-ring (bicyclic) bond motifs is 1.